The first kappa shape index (κ1) is 13.3. The maximum Gasteiger partial charge on any atom is 0.305 e. The van der Waals surface area contributed by atoms with Gasteiger partial charge < -0.3 is 15.2 Å². The minimum Gasteiger partial charge on any atom is -0.481 e. The van der Waals surface area contributed by atoms with E-state index in [1.807, 2.05) is 4.90 Å². The zero-order chi connectivity index (χ0) is 13.0. The monoisotopic (exact) mass is 256 g/mol. The second-order valence-electron chi connectivity index (χ2n) is 4.89. The summed E-state index contributed by atoms with van der Waals surface area (Å²) in [5, 5.41) is 11.7. The first-order valence-corrected chi connectivity index (χ1v) is 6.52. The third kappa shape index (κ3) is 3.43. The highest BCUT2D eigenvalue weighted by molar-refractivity contribution is 5.86. The van der Waals surface area contributed by atoms with E-state index >= 15 is 0 Å². The number of hydrogen-bond acceptors (Lipinski definition) is 4. The molecular formula is C12H20N2O4. The molecule has 2 saturated heterocycles. The standard InChI is InChI=1S/C12H20N2O4/c15-11(16)7-10-12(17)13-4-2-5-14(10)8-9-3-1-6-18-9/h9-10H,1-8H2,(H,13,17)(H,15,16). The van der Waals surface area contributed by atoms with Crippen LogP contribution in [0.4, 0.5) is 0 Å². The number of nitrogens with one attached hydrogen (secondary N) is 1. The molecule has 0 spiro atoms. The van der Waals surface area contributed by atoms with Gasteiger partial charge in [0.2, 0.25) is 5.91 Å². The Morgan fingerprint density at radius 2 is 2.33 bits per heavy atom. The fourth-order valence-corrected chi connectivity index (χ4v) is 2.59. The Labute approximate surface area is 106 Å². The van der Waals surface area contributed by atoms with Gasteiger partial charge in [-0.1, -0.05) is 0 Å². The van der Waals surface area contributed by atoms with Crippen molar-refractivity contribution in [2.75, 3.05) is 26.2 Å². The van der Waals surface area contributed by atoms with E-state index in [4.69, 9.17) is 9.84 Å². The molecule has 0 saturated carbocycles. The van der Waals surface area contributed by atoms with Crippen LogP contribution in [0.1, 0.15) is 25.7 Å². The van der Waals surface area contributed by atoms with Gasteiger partial charge in [0.25, 0.3) is 0 Å². The third-order valence-electron chi connectivity index (χ3n) is 3.49. The molecule has 0 bridgehead atoms. The normalized spacial score (nSPS) is 29.9. The molecule has 102 valence electrons. The Morgan fingerprint density at radius 1 is 1.50 bits per heavy atom. The second kappa shape index (κ2) is 6.15. The van der Waals surface area contributed by atoms with Crippen LogP contribution < -0.4 is 5.32 Å². The van der Waals surface area contributed by atoms with Crippen molar-refractivity contribution in [1.29, 1.82) is 0 Å². The molecule has 2 aliphatic heterocycles. The molecule has 0 aromatic carbocycles. The van der Waals surface area contributed by atoms with Crippen molar-refractivity contribution in [3.05, 3.63) is 0 Å². The molecule has 1 amide bonds. The summed E-state index contributed by atoms with van der Waals surface area (Å²) in [7, 11) is 0. The van der Waals surface area contributed by atoms with E-state index < -0.39 is 12.0 Å². The summed E-state index contributed by atoms with van der Waals surface area (Å²) in [5.74, 6) is -1.11. The van der Waals surface area contributed by atoms with Crippen LogP contribution in [0, 0.1) is 0 Å². The van der Waals surface area contributed by atoms with Gasteiger partial charge in [-0.25, -0.2) is 0 Å². The lowest BCUT2D eigenvalue weighted by Crippen LogP contribution is -2.48. The molecule has 2 N–H and O–H groups in total. The highest BCUT2D eigenvalue weighted by Gasteiger charge is 2.32. The first-order valence-electron chi connectivity index (χ1n) is 6.52. The Kier molecular flexibility index (Phi) is 4.54. The number of amides is 1. The average Bonchev–Trinajstić information content (AvgIpc) is 2.76. The van der Waals surface area contributed by atoms with Crippen LogP contribution in [-0.2, 0) is 14.3 Å². The van der Waals surface area contributed by atoms with E-state index in [0.29, 0.717) is 13.1 Å². The van der Waals surface area contributed by atoms with Crippen LogP contribution in [0.3, 0.4) is 0 Å². The SMILES string of the molecule is O=C(O)CC1C(=O)NCCCN1CC1CCCO1. The van der Waals surface area contributed by atoms with Gasteiger partial charge in [-0.05, 0) is 19.3 Å². The van der Waals surface area contributed by atoms with E-state index in [9.17, 15) is 9.59 Å². The summed E-state index contributed by atoms with van der Waals surface area (Å²) >= 11 is 0. The summed E-state index contributed by atoms with van der Waals surface area (Å²) in [6.45, 7) is 2.80. The fourth-order valence-electron chi connectivity index (χ4n) is 2.59. The van der Waals surface area contributed by atoms with Crippen molar-refractivity contribution < 1.29 is 19.4 Å². The van der Waals surface area contributed by atoms with Gasteiger partial charge in [-0.2, -0.15) is 0 Å². The Hall–Kier alpha value is -1.14. The molecule has 2 aliphatic rings. The number of carboxylic acid groups (broad SMARTS) is 1. The lowest BCUT2D eigenvalue weighted by Gasteiger charge is -2.29. The third-order valence-corrected chi connectivity index (χ3v) is 3.49. The first-order chi connectivity index (χ1) is 8.66. The summed E-state index contributed by atoms with van der Waals surface area (Å²) in [6.07, 6.45) is 2.91. The molecule has 2 heterocycles. The molecule has 2 rings (SSSR count). The van der Waals surface area contributed by atoms with Crippen molar-refractivity contribution in [3.8, 4) is 0 Å². The Balaban J connectivity index is 2.00. The van der Waals surface area contributed by atoms with Crippen molar-refractivity contribution >= 4 is 11.9 Å². The van der Waals surface area contributed by atoms with Crippen LogP contribution in [0.5, 0.6) is 0 Å². The van der Waals surface area contributed by atoms with Crippen molar-refractivity contribution in [2.24, 2.45) is 0 Å². The molecule has 6 heteroatoms. The van der Waals surface area contributed by atoms with E-state index in [-0.39, 0.29) is 18.4 Å². The predicted octanol–water partition coefficient (Wildman–Crippen LogP) is -0.169. The summed E-state index contributed by atoms with van der Waals surface area (Å²) in [5.41, 5.74) is 0. The number of rotatable bonds is 4. The predicted molar refractivity (Wildman–Crippen MR) is 64.2 cm³/mol. The largest absolute Gasteiger partial charge is 0.481 e. The quantitative estimate of drug-likeness (QED) is 0.730. The van der Waals surface area contributed by atoms with Crippen LogP contribution in [0.25, 0.3) is 0 Å². The molecule has 0 aromatic heterocycles. The number of carbonyl (C=O) groups is 2. The van der Waals surface area contributed by atoms with Crippen LogP contribution in [0.15, 0.2) is 0 Å². The van der Waals surface area contributed by atoms with Crippen molar-refractivity contribution in [1.82, 2.24) is 10.2 Å². The lowest BCUT2D eigenvalue weighted by atomic mass is 10.1. The molecule has 18 heavy (non-hydrogen) atoms. The number of nitrogens with zero attached hydrogens (tertiary/aromatic N) is 1. The fraction of sp³-hybridized carbons (Fsp3) is 0.833. The molecule has 2 unspecified atom stereocenters. The zero-order valence-corrected chi connectivity index (χ0v) is 10.4. The van der Waals surface area contributed by atoms with Gasteiger partial charge >= 0.3 is 5.97 Å². The Morgan fingerprint density at radius 3 is 3.00 bits per heavy atom. The van der Waals surface area contributed by atoms with Gasteiger partial charge in [-0.3, -0.25) is 14.5 Å². The molecule has 6 nitrogen and oxygen atoms in total. The van der Waals surface area contributed by atoms with Gasteiger partial charge in [0.05, 0.1) is 18.6 Å². The highest BCUT2D eigenvalue weighted by atomic mass is 16.5. The van der Waals surface area contributed by atoms with Crippen LogP contribution in [0.2, 0.25) is 0 Å². The van der Waals surface area contributed by atoms with E-state index in [2.05, 4.69) is 5.32 Å². The summed E-state index contributed by atoms with van der Waals surface area (Å²) in [6, 6.07) is -0.561. The number of ether oxygens (including phenoxy) is 1. The topological polar surface area (TPSA) is 78.9 Å². The van der Waals surface area contributed by atoms with Gasteiger partial charge in [0.1, 0.15) is 0 Å². The van der Waals surface area contributed by atoms with Crippen molar-refractivity contribution in [2.45, 2.75) is 37.8 Å². The maximum atomic E-state index is 11.9. The smallest absolute Gasteiger partial charge is 0.305 e. The van der Waals surface area contributed by atoms with Gasteiger partial charge in [0.15, 0.2) is 0 Å². The lowest BCUT2D eigenvalue weighted by molar-refractivity contribution is -0.142. The molecule has 0 aliphatic carbocycles. The molecular weight excluding hydrogens is 236 g/mol. The van der Waals surface area contributed by atoms with Gasteiger partial charge in [-0.15, -0.1) is 0 Å². The number of hydrogen-bond donors (Lipinski definition) is 2. The van der Waals surface area contributed by atoms with Gasteiger partial charge in [0, 0.05) is 26.2 Å². The van der Waals surface area contributed by atoms with Crippen LogP contribution >= 0.6 is 0 Å². The van der Waals surface area contributed by atoms with E-state index in [1.165, 1.54) is 0 Å². The number of carbonyl (C=O) groups excluding carboxylic acids is 1. The highest BCUT2D eigenvalue weighted by Crippen LogP contribution is 2.17. The summed E-state index contributed by atoms with van der Waals surface area (Å²) in [4.78, 5) is 24.7. The second-order valence-corrected chi connectivity index (χ2v) is 4.89. The molecule has 0 aromatic rings. The molecule has 2 fully saturated rings. The molecule has 0 radical (unpaired) electrons. The number of carboxylic acids is 1. The zero-order valence-electron chi connectivity index (χ0n) is 10.4. The van der Waals surface area contributed by atoms with E-state index in [0.717, 1.165) is 32.4 Å². The average molecular weight is 256 g/mol. The maximum absolute atomic E-state index is 11.9. The minimum atomic E-state index is -0.936. The van der Waals surface area contributed by atoms with Crippen molar-refractivity contribution in [3.63, 3.8) is 0 Å². The minimum absolute atomic E-state index is 0.140. The molecule has 2 atom stereocenters. The Bertz CT molecular complexity index is 315. The number of aliphatic carboxylic acids is 1. The summed E-state index contributed by atoms with van der Waals surface area (Å²) < 4.78 is 5.56. The van der Waals surface area contributed by atoms with E-state index in [1.54, 1.807) is 0 Å². The van der Waals surface area contributed by atoms with Crippen LogP contribution in [-0.4, -0.2) is 60.3 Å².